The van der Waals surface area contributed by atoms with Gasteiger partial charge < -0.3 is 9.64 Å². The molecule has 1 aliphatic rings. The Morgan fingerprint density at radius 2 is 1.76 bits per heavy atom. The van der Waals surface area contributed by atoms with Crippen LogP contribution in [-0.4, -0.2) is 19.4 Å². The number of carbonyl (C=O) groups excluding carboxylic acids is 1. The molecule has 0 aromatic heterocycles. The first kappa shape index (κ1) is 13.4. The maximum absolute atomic E-state index is 12.6. The van der Waals surface area contributed by atoms with Crippen LogP contribution in [0, 0.1) is 0 Å². The summed E-state index contributed by atoms with van der Waals surface area (Å²) in [7, 11) is 1.95. The molecule has 3 nitrogen and oxygen atoms in total. The third-order valence-corrected chi connectivity index (χ3v) is 3.57. The van der Waals surface area contributed by atoms with Crippen molar-refractivity contribution in [2.45, 2.75) is 6.42 Å². The van der Waals surface area contributed by atoms with E-state index in [2.05, 4.69) is 0 Å². The first-order valence-corrected chi connectivity index (χ1v) is 7.01. The van der Waals surface area contributed by atoms with E-state index < -0.39 is 0 Å². The number of benzene rings is 2. The molecule has 0 spiro atoms. The van der Waals surface area contributed by atoms with Crippen LogP contribution >= 0.6 is 0 Å². The van der Waals surface area contributed by atoms with Gasteiger partial charge in [0.05, 0.1) is 12.2 Å². The smallest absolute Gasteiger partial charge is 0.194 e. The highest BCUT2D eigenvalue weighted by Gasteiger charge is 2.21. The van der Waals surface area contributed by atoms with Crippen molar-refractivity contribution in [1.29, 1.82) is 0 Å². The first-order valence-electron chi connectivity index (χ1n) is 7.01. The lowest BCUT2D eigenvalue weighted by Crippen LogP contribution is -2.13. The van der Waals surface area contributed by atoms with Crippen molar-refractivity contribution in [3.05, 3.63) is 71.9 Å². The molecule has 0 saturated carbocycles. The minimum atomic E-state index is 0.0471. The van der Waals surface area contributed by atoms with Crippen molar-refractivity contribution in [2.75, 3.05) is 18.6 Å². The van der Waals surface area contributed by atoms with Crippen LogP contribution in [0.2, 0.25) is 0 Å². The van der Waals surface area contributed by atoms with E-state index in [0.29, 0.717) is 24.3 Å². The summed E-state index contributed by atoms with van der Waals surface area (Å²) < 4.78 is 5.66. The summed E-state index contributed by atoms with van der Waals surface area (Å²) in [5.74, 6) is 0.721. The minimum absolute atomic E-state index is 0.0471. The molecule has 0 radical (unpaired) electrons. The second-order valence-corrected chi connectivity index (χ2v) is 5.02. The SMILES string of the molecule is CN(/C=C1\CCOc2ccccc2C1=O)c1ccccc1. The van der Waals surface area contributed by atoms with Gasteiger partial charge in [-0.3, -0.25) is 4.79 Å². The Kier molecular flexibility index (Phi) is 3.73. The van der Waals surface area contributed by atoms with E-state index >= 15 is 0 Å². The van der Waals surface area contributed by atoms with E-state index in [-0.39, 0.29) is 5.78 Å². The highest BCUT2D eigenvalue weighted by Crippen LogP contribution is 2.27. The predicted molar refractivity (Wildman–Crippen MR) is 83.8 cm³/mol. The molecule has 0 aliphatic carbocycles. The second kappa shape index (κ2) is 5.83. The number of ether oxygens (including phenoxy) is 1. The molecule has 1 heterocycles. The fourth-order valence-electron chi connectivity index (χ4n) is 2.43. The average Bonchev–Trinajstić information content (AvgIpc) is 2.69. The van der Waals surface area contributed by atoms with Gasteiger partial charge in [-0.1, -0.05) is 30.3 Å². The predicted octanol–water partition coefficient (Wildman–Crippen LogP) is 3.67. The van der Waals surface area contributed by atoms with Crippen molar-refractivity contribution in [1.82, 2.24) is 0 Å². The standard InChI is InChI=1S/C18H17NO2/c1-19(15-7-3-2-4-8-15)13-14-11-12-21-17-10-6-5-9-16(17)18(14)20/h2-10,13H,11-12H2,1H3/b14-13+. The lowest BCUT2D eigenvalue weighted by atomic mass is 10.0. The molecular formula is C18H17NO2. The van der Waals surface area contributed by atoms with Gasteiger partial charge in [0, 0.05) is 30.9 Å². The number of carbonyl (C=O) groups is 1. The molecule has 1 aliphatic heterocycles. The number of anilines is 1. The fourth-order valence-corrected chi connectivity index (χ4v) is 2.43. The highest BCUT2D eigenvalue weighted by molar-refractivity contribution is 6.10. The van der Waals surface area contributed by atoms with Crippen LogP contribution in [0.5, 0.6) is 5.75 Å². The second-order valence-electron chi connectivity index (χ2n) is 5.02. The number of para-hydroxylation sites is 2. The molecular weight excluding hydrogens is 262 g/mol. The van der Waals surface area contributed by atoms with Crippen LogP contribution in [0.3, 0.4) is 0 Å². The Labute approximate surface area is 124 Å². The van der Waals surface area contributed by atoms with E-state index in [0.717, 1.165) is 11.3 Å². The van der Waals surface area contributed by atoms with Crippen molar-refractivity contribution >= 4 is 11.5 Å². The molecule has 0 bridgehead atoms. The number of hydrogen-bond donors (Lipinski definition) is 0. The normalized spacial score (nSPS) is 16.0. The van der Waals surface area contributed by atoms with E-state index in [1.807, 2.05) is 72.7 Å². The summed E-state index contributed by atoms with van der Waals surface area (Å²) in [6.07, 6.45) is 2.52. The number of rotatable bonds is 2. The van der Waals surface area contributed by atoms with Crippen molar-refractivity contribution < 1.29 is 9.53 Å². The number of ketones is 1. The Bertz CT molecular complexity index is 677. The molecule has 106 valence electrons. The third-order valence-electron chi connectivity index (χ3n) is 3.57. The van der Waals surface area contributed by atoms with Gasteiger partial charge in [0.2, 0.25) is 0 Å². The van der Waals surface area contributed by atoms with Gasteiger partial charge in [0.25, 0.3) is 0 Å². The molecule has 3 heteroatoms. The number of fused-ring (bicyclic) bond motifs is 1. The third kappa shape index (κ3) is 2.82. The average molecular weight is 279 g/mol. The lowest BCUT2D eigenvalue weighted by molar-refractivity contribution is 0.103. The number of nitrogens with zero attached hydrogens (tertiary/aromatic N) is 1. The van der Waals surface area contributed by atoms with Crippen LogP contribution < -0.4 is 9.64 Å². The summed E-state index contributed by atoms with van der Waals surface area (Å²) in [6.45, 7) is 0.525. The molecule has 2 aromatic carbocycles. The molecule has 2 aromatic rings. The quantitative estimate of drug-likeness (QED) is 0.785. The van der Waals surface area contributed by atoms with Crippen LogP contribution in [0.25, 0.3) is 0 Å². The molecule has 0 atom stereocenters. The van der Waals surface area contributed by atoms with E-state index in [1.54, 1.807) is 0 Å². The summed E-state index contributed by atoms with van der Waals surface area (Å²) in [5, 5.41) is 0. The van der Waals surface area contributed by atoms with Gasteiger partial charge in [-0.15, -0.1) is 0 Å². The summed E-state index contributed by atoms with van der Waals surface area (Å²) >= 11 is 0. The van der Waals surface area contributed by atoms with Gasteiger partial charge >= 0.3 is 0 Å². The summed E-state index contributed by atoms with van der Waals surface area (Å²) in [6, 6.07) is 17.4. The zero-order valence-electron chi connectivity index (χ0n) is 12.0. The molecule has 0 amide bonds. The molecule has 21 heavy (non-hydrogen) atoms. The van der Waals surface area contributed by atoms with Crippen molar-refractivity contribution in [3.63, 3.8) is 0 Å². The lowest BCUT2D eigenvalue weighted by Gasteiger charge is -2.15. The van der Waals surface area contributed by atoms with Gasteiger partial charge in [-0.2, -0.15) is 0 Å². The van der Waals surface area contributed by atoms with Crippen LogP contribution in [0.4, 0.5) is 5.69 Å². The van der Waals surface area contributed by atoms with Gasteiger partial charge in [0.1, 0.15) is 5.75 Å². The highest BCUT2D eigenvalue weighted by atomic mass is 16.5. The van der Waals surface area contributed by atoms with Crippen LogP contribution in [0.15, 0.2) is 66.4 Å². The Hall–Kier alpha value is -2.55. The van der Waals surface area contributed by atoms with Gasteiger partial charge in [-0.25, -0.2) is 0 Å². The monoisotopic (exact) mass is 279 g/mol. The van der Waals surface area contributed by atoms with E-state index in [4.69, 9.17) is 4.74 Å². The molecule has 0 unspecified atom stereocenters. The Morgan fingerprint density at radius 3 is 2.57 bits per heavy atom. The molecule has 0 saturated heterocycles. The van der Waals surface area contributed by atoms with Crippen molar-refractivity contribution in [3.8, 4) is 5.75 Å². The Morgan fingerprint density at radius 1 is 1.05 bits per heavy atom. The zero-order valence-corrected chi connectivity index (χ0v) is 12.0. The van der Waals surface area contributed by atoms with Crippen molar-refractivity contribution in [2.24, 2.45) is 0 Å². The topological polar surface area (TPSA) is 29.5 Å². The van der Waals surface area contributed by atoms with E-state index in [1.165, 1.54) is 0 Å². The van der Waals surface area contributed by atoms with E-state index in [9.17, 15) is 4.79 Å². The fraction of sp³-hybridized carbons (Fsp3) is 0.167. The van der Waals surface area contributed by atoms with Gasteiger partial charge in [0.15, 0.2) is 5.78 Å². The molecule has 3 rings (SSSR count). The summed E-state index contributed by atoms with van der Waals surface area (Å²) in [4.78, 5) is 14.6. The minimum Gasteiger partial charge on any atom is -0.492 e. The van der Waals surface area contributed by atoms with Crippen LogP contribution in [-0.2, 0) is 0 Å². The Balaban J connectivity index is 1.92. The summed E-state index contributed by atoms with van der Waals surface area (Å²) in [5.41, 5.74) is 2.46. The van der Waals surface area contributed by atoms with Gasteiger partial charge in [-0.05, 0) is 24.3 Å². The number of Topliss-reactive ketones (excluding diaryl/α,β-unsaturated/α-hetero) is 1. The molecule has 0 fully saturated rings. The zero-order chi connectivity index (χ0) is 14.7. The largest absolute Gasteiger partial charge is 0.492 e. The first-order chi connectivity index (χ1) is 10.3. The number of hydrogen-bond acceptors (Lipinski definition) is 3. The maximum atomic E-state index is 12.6. The van der Waals surface area contributed by atoms with Crippen LogP contribution in [0.1, 0.15) is 16.8 Å². The molecule has 0 N–H and O–H groups in total. The maximum Gasteiger partial charge on any atom is 0.194 e.